The van der Waals surface area contributed by atoms with Crippen molar-refractivity contribution in [3.63, 3.8) is 0 Å². The van der Waals surface area contributed by atoms with E-state index in [1.54, 1.807) is 0 Å². The Morgan fingerprint density at radius 2 is 1.93 bits per heavy atom. The zero-order valence-corrected chi connectivity index (χ0v) is 11.0. The van der Waals surface area contributed by atoms with Crippen LogP contribution in [0.25, 0.3) is 0 Å². The van der Waals surface area contributed by atoms with Crippen LogP contribution in [0.15, 0.2) is 12.1 Å². The molecular formula is C10H8BrCl2FO. The number of rotatable bonds is 3. The van der Waals surface area contributed by atoms with Crippen molar-refractivity contribution in [3.05, 3.63) is 33.6 Å². The maximum absolute atomic E-state index is 13.1. The summed E-state index contributed by atoms with van der Waals surface area (Å²) in [6, 6.07) is 2.94. The molecule has 0 saturated heterocycles. The second-order valence-corrected chi connectivity index (χ2v) is 5.08. The summed E-state index contributed by atoms with van der Waals surface area (Å²) in [5, 5.41) is -0.0542. The van der Waals surface area contributed by atoms with Gasteiger partial charge in [0, 0.05) is 0 Å². The number of hydrogen-bond donors (Lipinski definition) is 0. The van der Waals surface area contributed by atoms with E-state index in [-0.39, 0.29) is 20.7 Å². The summed E-state index contributed by atoms with van der Waals surface area (Å²) in [6.07, 6.45) is 0.440. The van der Waals surface area contributed by atoms with Crippen LogP contribution in [0.1, 0.15) is 12.5 Å². The van der Waals surface area contributed by atoms with Crippen LogP contribution in [0.2, 0.25) is 10.0 Å². The van der Waals surface area contributed by atoms with Gasteiger partial charge in [0.25, 0.3) is 0 Å². The first-order chi connectivity index (χ1) is 6.91. The molecular weight excluding hydrogens is 306 g/mol. The van der Waals surface area contributed by atoms with E-state index in [9.17, 15) is 9.18 Å². The first-order valence-corrected chi connectivity index (χ1v) is 5.87. The van der Waals surface area contributed by atoms with Gasteiger partial charge in [0.1, 0.15) is 5.78 Å². The van der Waals surface area contributed by atoms with Crippen molar-refractivity contribution >= 4 is 44.9 Å². The molecule has 1 unspecified atom stereocenters. The molecule has 0 saturated carbocycles. The van der Waals surface area contributed by atoms with Gasteiger partial charge in [-0.3, -0.25) is 4.79 Å². The van der Waals surface area contributed by atoms with E-state index in [2.05, 4.69) is 15.9 Å². The van der Waals surface area contributed by atoms with Crippen molar-refractivity contribution < 1.29 is 9.18 Å². The van der Waals surface area contributed by atoms with E-state index in [1.165, 1.54) is 19.1 Å². The van der Waals surface area contributed by atoms with Crippen LogP contribution in [-0.2, 0) is 11.2 Å². The lowest BCUT2D eigenvalue weighted by atomic mass is 10.1. The van der Waals surface area contributed by atoms with Crippen LogP contribution < -0.4 is 0 Å². The predicted molar refractivity (Wildman–Crippen MR) is 63.5 cm³/mol. The lowest BCUT2D eigenvalue weighted by Gasteiger charge is -2.07. The molecule has 0 N–H and O–H groups in total. The fraction of sp³-hybridized carbons (Fsp3) is 0.300. The number of Topliss-reactive ketones (excluding diaryl/α,β-unsaturated/α-hetero) is 1. The molecule has 0 heterocycles. The number of benzene rings is 1. The minimum Gasteiger partial charge on any atom is -0.299 e. The van der Waals surface area contributed by atoms with Gasteiger partial charge < -0.3 is 0 Å². The molecule has 1 aromatic carbocycles. The highest BCUT2D eigenvalue weighted by Gasteiger charge is 2.13. The Kier molecular flexibility index (Phi) is 4.56. The zero-order valence-electron chi connectivity index (χ0n) is 7.86. The van der Waals surface area contributed by atoms with E-state index < -0.39 is 5.82 Å². The van der Waals surface area contributed by atoms with Crippen LogP contribution in [0.4, 0.5) is 4.39 Å². The van der Waals surface area contributed by atoms with Crippen LogP contribution in [0.3, 0.4) is 0 Å². The Hall–Kier alpha value is -0.120. The lowest BCUT2D eigenvalue weighted by molar-refractivity contribution is -0.116. The molecule has 0 aliphatic carbocycles. The smallest absolute Gasteiger partial charge is 0.160 e. The number of alkyl halides is 1. The summed E-state index contributed by atoms with van der Waals surface area (Å²) in [7, 11) is 0. The molecule has 0 amide bonds. The highest BCUT2D eigenvalue weighted by Crippen LogP contribution is 2.26. The quantitative estimate of drug-likeness (QED) is 0.608. The molecule has 5 heteroatoms. The summed E-state index contributed by atoms with van der Waals surface area (Å²) in [4.78, 5) is 10.7. The number of halogens is 4. The Labute approximate surface area is 106 Å². The van der Waals surface area contributed by atoms with E-state index in [4.69, 9.17) is 23.2 Å². The summed E-state index contributed by atoms with van der Waals surface area (Å²) in [6.45, 7) is 1.48. The number of ketones is 1. The van der Waals surface area contributed by atoms with Crippen molar-refractivity contribution in [1.29, 1.82) is 0 Å². The summed E-state index contributed by atoms with van der Waals surface area (Å²) in [5.74, 6) is -0.623. The van der Waals surface area contributed by atoms with E-state index in [0.29, 0.717) is 6.42 Å². The van der Waals surface area contributed by atoms with Crippen molar-refractivity contribution in [2.75, 3.05) is 0 Å². The Morgan fingerprint density at radius 1 is 1.47 bits per heavy atom. The molecule has 1 aromatic rings. The molecule has 15 heavy (non-hydrogen) atoms. The van der Waals surface area contributed by atoms with Gasteiger partial charge >= 0.3 is 0 Å². The topological polar surface area (TPSA) is 17.1 Å². The number of carbonyl (C=O) groups excluding carboxylic acids is 1. The molecule has 0 fully saturated rings. The van der Waals surface area contributed by atoms with Gasteiger partial charge in [0.15, 0.2) is 5.82 Å². The van der Waals surface area contributed by atoms with Gasteiger partial charge in [-0.2, -0.15) is 0 Å². The van der Waals surface area contributed by atoms with Gasteiger partial charge in [-0.25, -0.2) is 4.39 Å². The molecule has 0 radical (unpaired) electrons. The van der Waals surface area contributed by atoms with Gasteiger partial charge in [-0.05, 0) is 31.0 Å². The summed E-state index contributed by atoms with van der Waals surface area (Å²) in [5.41, 5.74) is 0.725. The third-order valence-corrected chi connectivity index (χ3v) is 3.42. The Bertz CT molecular complexity index is 372. The maximum Gasteiger partial charge on any atom is 0.160 e. The third kappa shape index (κ3) is 3.44. The molecule has 1 rings (SSSR count). The lowest BCUT2D eigenvalue weighted by Crippen LogP contribution is -2.12. The summed E-state index contributed by atoms with van der Waals surface area (Å²) >= 11 is 14.5. The van der Waals surface area contributed by atoms with E-state index in [1.807, 2.05) is 0 Å². The maximum atomic E-state index is 13.1. The average molecular weight is 314 g/mol. The van der Waals surface area contributed by atoms with Crippen LogP contribution in [-0.4, -0.2) is 10.6 Å². The molecule has 0 aliphatic heterocycles. The van der Waals surface area contributed by atoms with Crippen LogP contribution in [0.5, 0.6) is 0 Å². The van der Waals surface area contributed by atoms with Crippen molar-refractivity contribution in [2.45, 2.75) is 18.2 Å². The third-order valence-electron chi connectivity index (χ3n) is 1.90. The second kappa shape index (κ2) is 5.28. The molecule has 0 bridgehead atoms. The highest BCUT2D eigenvalue weighted by molar-refractivity contribution is 9.10. The van der Waals surface area contributed by atoms with Crippen molar-refractivity contribution in [2.24, 2.45) is 0 Å². The SMILES string of the molecule is CC(=O)C(Br)Cc1cc(Cl)c(F)c(Cl)c1. The van der Waals surface area contributed by atoms with E-state index >= 15 is 0 Å². The average Bonchev–Trinajstić information content (AvgIpc) is 2.13. The predicted octanol–water partition coefficient (Wildman–Crippen LogP) is 4.03. The number of carbonyl (C=O) groups is 1. The summed E-state index contributed by atoms with van der Waals surface area (Å²) < 4.78 is 13.1. The molecule has 82 valence electrons. The molecule has 0 spiro atoms. The minimum atomic E-state index is -0.629. The fourth-order valence-electron chi connectivity index (χ4n) is 1.08. The van der Waals surface area contributed by atoms with Crippen molar-refractivity contribution in [3.8, 4) is 0 Å². The number of hydrogen-bond acceptors (Lipinski definition) is 1. The molecule has 1 atom stereocenters. The molecule has 0 aliphatic rings. The first kappa shape index (κ1) is 12.9. The molecule has 1 nitrogen and oxygen atoms in total. The highest BCUT2D eigenvalue weighted by atomic mass is 79.9. The van der Waals surface area contributed by atoms with Crippen LogP contribution in [0, 0.1) is 5.82 Å². The van der Waals surface area contributed by atoms with Gasteiger partial charge in [0.05, 0.1) is 14.9 Å². The van der Waals surface area contributed by atoms with Gasteiger partial charge in [-0.15, -0.1) is 0 Å². The van der Waals surface area contributed by atoms with Gasteiger partial charge in [-0.1, -0.05) is 39.1 Å². The van der Waals surface area contributed by atoms with E-state index in [0.717, 1.165) is 5.56 Å². The zero-order chi connectivity index (χ0) is 11.6. The van der Waals surface area contributed by atoms with Gasteiger partial charge in [0.2, 0.25) is 0 Å². The standard InChI is InChI=1S/C10H8BrCl2FO/c1-5(15)7(11)2-6-3-8(12)10(14)9(13)4-6/h3-4,7H,2H2,1H3. The van der Waals surface area contributed by atoms with Crippen LogP contribution >= 0.6 is 39.1 Å². The Balaban J connectivity index is 2.92. The fourth-order valence-corrected chi connectivity index (χ4v) is 1.98. The minimum absolute atomic E-state index is 0.00608. The first-order valence-electron chi connectivity index (χ1n) is 4.19. The van der Waals surface area contributed by atoms with Crippen molar-refractivity contribution in [1.82, 2.24) is 0 Å². The second-order valence-electron chi connectivity index (χ2n) is 3.16. The normalized spacial score (nSPS) is 12.6. The Morgan fingerprint density at radius 3 is 2.33 bits per heavy atom. The largest absolute Gasteiger partial charge is 0.299 e. The molecule has 0 aromatic heterocycles. The monoisotopic (exact) mass is 312 g/mol.